The van der Waals surface area contributed by atoms with Gasteiger partial charge in [-0.05, 0) is 46.2 Å². The van der Waals surface area contributed by atoms with Crippen LogP contribution in [0.25, 0.3) is 27.7 Å². The second kappa shape index (κ2) is 11.9. The molecule has 0 atom stereocenters. The fourth-order valence-electron chi connectivity index (χ4n) is 5.99. The summed E-state index contributed by atoms with van der Waals surface area (Å²) in [6.07, 6.45) is 8.13. The van der Waals surface area contributed by atoms with Crippen molar-refractivity contribution < 1.29 is 4.79 Å². The molecular weight excluding hydrogens is 560 g/mol. The molecule has 0 saturated heterocycles. The highest BCUT2D eigenvalue weighted by Gasteiger charge is 2.23. The summed E-state index contributed by atoms with van der Waals surface area (Å²) in [4.78, 5) is 33.6. The van der Waals surface area contributed by atoms with E-state index in [1.807, 2.05) is 53.4 Å². The van der Waals surface area contributed by atoms with Gasteiger partial charge >= 0.3 is 0 Å². The summed E-state index contributed by atoms with van der Waals surface area (Å²) in [5, 5.41) is 10.3. The summed E-state index contributed by atoms with van der Waals surface area (Å²) in [7, 11) is 0. The molecule has 0 bridgehead atoms. The maximum atomic E-state index is 12.0. The zero-order valence-electron chi connectivity index (χ0n) is 25.4. The highest BCUT2D eigenvalue weighted by molar-refractivity contribution is 5.97. The summed E-state index contributed by atoms with van der Waals surface area (Å²) < 4.78 is 1.81. The largest absolute Gasteiger partial charge is 0.350 e. The number of allylic oxidation sites excluding steroid dienone is 1. The summed E-state index contributed by atoms with van der Waals surface area (Å²) in [6, 6.07) is 20.5. The lowest BCUT2D eigenvalue weighted by atomic mass is 9.97. The van der Waals surface area contributed by atoms with E-state index in [1.165, 1.54) is 11.6 Å². The first kappa shape index (κ1) is 28.3. The smallest absolute Gasteiger partial charge is 0.231 e. The van der Waals surface area contributed by atoms with Crippen LogP contribution in [-0.4, -0.2) is 41.9 Å². The molecule has 1 N–H and O–H groups in total. The molecular formula is C36H34N8O. The van der Waals surface area contributed by atoms with Crippen molar-refractivity contribution in [3.63, 3.8) is 0 Å². The average Bonchev–Trinajstić information content (AvgIpc) is 3.51. The van der Waals surface area contributed by atoms with Gasteiger partial charge in [0.2, 0.25) is 11.9 Å². The number of pyridine rings is 2. The Bertz CT molecular complexity index is 2060. The third-order valence-corrected chi connectivity index (χ3v) is 8.40. The number of anilines is 2. The van der Waals surface area contributed by atoms with E-state index < -0.39 is 0 Å². The van der Waals surface area contributed by atoms with Crippen LogP contribution in [0.15, 0.2) is 91.9 Å². The Kier molecular flexibility index (Phi) is 7.51. The van der Waals surface area contributed by atoms with Crippen LogP contribution in [0.4, 0.5) is 11.9 Å². The lowest BCUT2D eigenvalue weighted by Crippen LogP contribution is -2.32. The van der Waals surface area contributed by atoms with Gasteiger partial charge in [-0.15, -0.1) is 0 Å². The summed E-state index contributed by atoms with van der Waals surface area (Å²) in [6.45, 7) is 9.93. The standard InChI is InChI=1S/C36H34N8O/c1-4-28(45)19-24-11-12-30-25(18-24)13-16-38-33(30)29-10-6-5-8-26(29)20-39-35-42-36(41-34-31(23(2)3)21-40-44(34)35)43-17-14-32-27(22-43)9-7-15-37-32/h4-13,15-16,18,21,23H,1,14,17,19-20,22H2,2-3H3,(H,39,41,42). The maximum Gasteiger partial charge on any atom is 0.231 e. The Morgan fingerprint density at radius 3 is 2.80 bits per heavy atom. The fourth-order valence-corrected chi connectivity index (χ4v) is 5.99. The normalized spacial score (nSPS) is 12.9. The molecule has 4 aromatic heterocycles. The number of hydrogen-bond donors (Lipinski definition) is 1. The van der Waals surface area contributed by atoms with Crippen molar-refractivity contribution in [3.05, 3.63) is 120 Å². The number of carbonyl (C=O) groups is 1. The number of ketones is 1. The molecule has 0 spiro atoms. The van der Waals surface area contributed by atoms with Gasteiger partial charge in [-0.1, -0.05) is 69.0 Å². The van der Waals surface area contributed by atoms with E-state index in [9.17, 15) is 4.79 Å². The van der Waals surface area contributed by atoms with Crippen LogP contribution in [0.2, 0.25) is 0 Å². The third kappa shape index (κ3) is 5.53. The number of fused-ring (bicyclic) bond motifs is 3. The Morgan fingerprint density at radius 1 is 1.04 bits per heavy atom. The lowest BCUT2D eigenvalue weighted by Gasteiger charge is -2.28. The van der Waals surface area contributed by atoms with Crippen molar-refractivity contribution in [2.24, 2.45) is 0 Å². The first-order chi connectivity index (χ1) is 22.0. The number of nitrogens with one attached hydrogen (secondary N) is 1. The number of benzene rings is 2. The number of hydrogen-bond acceptors (Lipinski definition) is 8. The van der Waals surface area contributed by atoms with Crippen molar-refractivity contribution in [2.75, 3.05) is 16.8 Å². The van der Waals surface area contributed by atoms with Gasteiger partial charge in [-0.2, -0.15) is 19.6 Å². The van der Waals surface area contributed by atoms with Gasteiger partial charge in [0.15, 0.2) is 11.4 Å². The molecule has 0 aliphatic carbocycles. The molecule has 1 aliphatic heterocycles. The Hall–Kier alpha value is -5.44. The van der Waals surface area contributed by atoms with Crippen molar-refractivity contribution in [3.8, 4) is 11.3 Å². The number of carbonyl (C=O) groups excluding carboxylic acids is 1. The predicted octanol–water partition coefficient (Wildman–Crippen LogP) is 6.33. The molecule has 0 amide bonds. The molecule has 7 rings (SSSR count). The van der Waals surface area contributed by atoms with E-state index >= 15 is 0 Å². The van der Waals surface area contributed by atoms with E-state index in [4.69, 9.17) is 15.0 Å². The summed E-state index contributed by atoms with van der Waals surface area (Å²) in [5.41, 5.74) is 8.18. The molecule has 0 radical (unpaired) electrons. The SMILES string of the molecule is C=CC(=O)Cc1ccc2c(-c3ccccc3CNc3nc(N4CCc5ncccc5C4)nc4c(C(C)C)cnn34)nccc2c1. The van der Waals surface area contributed by atoms with Gasteiger partial charge in [-0.25, -0.2) is 0 Å². The van der Waals surface area contributed by atoms with E-state index in [2.05, 4.69) is 71.1 Å². The van der Waals surface area contributed by atoms with Gasteiger partial charge in [-0.3, -0.25) is 14.8 Å². The quantitative estimate of drug-likeness (QED) is 0.194. The monoisotopic (exact) mass is 594 g/mol. The maximum absolute atomic E-state index is 12.0. The lowest BCUT2D eigenvalue weighted by molar-refractivity contribution is -0.114. The molecule has 0 fully saturated rings. The van der Waals surface area contributed by atoms with Crippen molar-refractivity contribution in [1.29, 1.82) is 0 Å². The van der Waals surface area contributed by atoms with Crippen LogP contribution in [0, 0.1) is 0 Å². The molecule has 1 aliphatic rings. The number of rotatable bonds is 9. The molecule has 5 heterocycles. The van der Waals surface area contributed by atoms with Crippen molar-refractivity contribution in [2.45, 2.75) is 45.7 Å². The second-order valence-electron chi connectivity index (χ2n) is 11.7. The van der Waals surface area contributed by atoms with Gasteiger partial charge in [0, 0.05) is 67.1 Å². The van der Waals surface area contributed by atoms with E-state index in [1.54, 1.807) is 0 Å². The minimum absolute atomic E-state index is 0.00171. The Morgan fingerprint density at radius 2 is 1.93 bits per heavy atom. The summed E-state index contributed by atoms with van der Waals surface area (Å²) in [5.74, 6) is 1.58. The van der Waals surface area contributed by atoms with Crippen LogP contribution in [0.5, 0.6) is 0 Å². The molecule has 224 valence electrons. The van der Waals surface area contributed by atoms with Crippen LogP contribution in [0.1, 0.15) is 47.7 Å². The molecule has 9 nitrogen and oxygen atoms in total. The minimum atomic E-state index is 0.00171. The van der Waals surface area contributed by atoms with Gasteiger partial charge < -0.3 is 10.2 Å². The fraction of sp³-hybridized carbons (Fsp3) is 0.222. The zero-order chi connectivity index (χ0) is 30.9. The van der Waals surface area contributed by atoms with Crippen molar-refractivity contribution >= 4 is 34.1 Å². The molecule has 45 heavy (non-hydrogen) atoms. The van der Waals surface area contributed by atoms with Gasteiger partial charge in [0.25, 0.3) is 0 Å². The average molecular weight is 595 g/mol. The Labute approximate surface area is 261 Å². The first-order valence-electron chi connectivity index (χ1n) is 15.3. The van der Waals surface area contributed by atoms with Gasteiger partial charge in [0.05, 0.1) is 11.9 Å². The Balaban J connectivity index is 1.23. The predicted molar refractivity (Wildman–Crippen MR) is 177 cm³/mol. The molecule has 9 heteroatoms. The van der Waals surface area contributed by atoms with E-state index in [-0.39, 0.29) is 11.7 Å². The van der Waals surface area contributed by atoms with Crippen LogP contribution < -0.4 is 10.2 Å². The highest BCUT2D eigenvalue weighted by Crippen LogP contribution is 2.31. The number of aromatic nitrogens is 6. The van der Waals surface area contributed by atoms with Crippen LogP contribution in [-0.2, 0) is 30.7 Å². The van der Waals surface area contributed by atoms with Crippen LogP contribution >= 0.6 is 0 Å². The van der Waals surface area contributed by atoms with E-state index in [0.29, 0.717) is 31.4 Å². The topological polar surface area (TPSA) is 101 Å². The van der Waals surface area contributed by atoms with Crippen molar-refractivity contribution in [1.82, 2.24) is 29.5 Å². The van der Waals surface area contributed by atoms with Gasteiger partial charge in [0.1, 0.15) is 0 Å². The molecule has 0 saturated carbocycles. The summed E-state index contributed by atoms with van der Waals surface area (Å²) >= 11 is 0. The highest BCUT2D eigenvalue weighted by atomic mass is 16.1. The number of nitrogens with zero attached hydrogens (tertiary/aromatic N) is 7. The third-order valence-electron chi connectivity index (χ3n) is 8.40. The minimum Gasteiger partial charge on any atom is -0.350 e. The first-order valence-corrected chi connectivity index (χ1v) is 15.3. The van der Waals surface area contributed by atoms with E-state index in [0.717, 1.165) is 63.0 Å². The molecule has 0 unspecified atom stereocenters. The van der Waals surface area contributed by atoms with Crippen LogP contribution in [0.3, 0.4) is 0 Å². The molecule has 2 aromatic carbocycles. The zero-order valence-corrected chi connectivity index (χ0v) is 25.4. The molecule has 6 aromatic rings. The second-order valence-corrected chi connectivity index (χ2v) is 11.7.